The van der Waals surface area contributed by atoms with Gasteiger partial charge in [-0.3, -0.25) is 14.5 Å². The second-order valence-corrected chi connectivity index (χ2v) is 18.8. The Bertz CT molecular complexity index is 1500. The van der Waals surface area contributed by atoms with Crippen molar-refractivity contribution in [3.8, 4) is 0 Å². The Hall–Kier alpha value is -1.91. The van der Waals surface area contributed by atoms with Gasteiger partial charge in [0.05, 0.1) is 35.2 Å². The second-order valence-electron chi connectivity index (χ2n) is 18.8. The lowest BCUT2D eigenvalue weighted by atomic mass is 9.49. The largest absolute Gasteiger partial charge is 0.462 e. The quantitative estimate of drug-likeness (QED) is 0.159. The number of esters is 3. The summed E-state index contributed by atoms with van der Waals surface area (Å²) in [5.74, 6) is -8.68. The van der Waals surface area contributed by atoms with Crippen LogP contribution in [0.3, 0.4) is 0 Å². The smallest absolute Gasteiger partial charge is 0.341 e. The van der Waals surface area contributed by atoms with Crippen molar-refractivity contribution in [2.24, 2.45) is 46.8 Å². The molecule has 3 saturated heterocycles. The Morgan fingerprint density at radius 3 is 2.34 bits per heavy atom. The fraction of sp³-hybridized carbons (Fsp3) is 0.923. The number of hydrogen-bond donors (Lipinski definition) is 6. The van der Waals surface area contributed by atoms with Crippen molar-refractivity contribution < 1.29 is 64.0 Å². The van der Waals surface area contributed by atoms with E-state index in [9.17, 15) is 45.0 Å². The van der Waals surface area contributed by atoms with Crippen molar-refractivity contribution in [2.45, 2.75) is 165 Å². The predicted octanol–water partition coefficient (Wildman–Crippen LogP) is 1.04. The van der Waals surface area contributed by atoms with Gasteiger partial charge in [0.25, 0.3) is 0 Å². The van der Waals surface area contributed by atoms with Gasteiger partial charge in [-0.05, 0) is 83.5 Å². The highest BCUT2D eigenvalue weighted by Crippen LogP contribution is 2.77. The van der Waals surface area contributed by atoms with Gasteiger partial charge < -0.3 is 49.6 Å². The minimum absolute atomic E-state index is 0.00543. The third-order valence-corrected chi connectivity index (χ3v) is 15.8. The van der Waals surface area contributed by atoms with Crippen molar-refractivity contribution in [1.82, 2.24) is 4.90 Å². The molecule has 7 aliphatic rings. The van der Waals surface area contributed by atoms with Crippen LogP contribution in [0.5, 0.6) is 0 Å². The molecule has 0 aromatic rings. The molecule has 4 aliphatic carbocycles. The summed E-state index contributed by atoms with van der Waals surface area (Å²) < 4.78 is 25.0. The lowest BCUT2D eigenvalue weighted by molar-refractivity contribution is -0.301. The van der Waals surface area contributed by atoms with Crippen molar-refractivity contribution in [1.29, 1.82) is 0 Å². The van der Waals surface area contributed by atoms with Crippen LogP contribution in [0.1, 0.15) is 100 Å². The minimum Gasteiger partial charge on any atom is -0.462 e. The van der Waals surface area contributed by atoms with E-state index in [2.05, 4.69) is 11.8 Å². The van der Waals surface area contributed by atoms with Crippen molar-refractivity contribution in [3.63, 3.8) is 0 Å². The monoisotopic (exact) mass is 751 g/mol. The molecule has 1 spiro atoms. The summed E-state index contributed by atoms with van der Waals surface area (Å²) in [4.78, 5) is 42.0. The van der Waals surface area contributed by atoms with Gasteiger partial charge >= 0.3 is 17.9 Å². The van der Waals surface area contributed by atoms with Crippen LogP contribution < -0.4 is 0 Å². The first-order valence-corrected chi connectivity index (χ1v) is 19.8. The lowest BCUT2D eigenvalue weighted by Crippen LogP contribution is -2.77. The van der Waals surface area contributed by atoms with E-state index in [1.54, 1.807) is 13.8 Å². The summed E-state index contributed by atoms with van der Waals surface area (Å²) in [5.41, 5.74) is -8.08. The number of hydrogen-bond acceptors (Lipinski definition) is 14. The molecule has 0 radical (unpaired) electrons. The maximum atomic E-state index is 13.7. The van der Waals surface area contributed by atoms with E-state index in [4.69, 9.17) is 18.9 Å². The normalized spacial score (nSPS) is 52.1. The third kappa shape index (κ3) is 5.21. The Morgan fingerprint density at radius 2 is 1.72 bits per heavy atom. The molecule has 7 rings (SSSR count). The Balaban J connectivity index is 1.38. The fourth-order valence-corrected chi connectivity index (χ4v) is 12.8. The zero-order chi connectivity index (χ0) is 39.0. The zero-order valence-electron chi connectivity index (χ0n) is 32.4. The van der Waals surface area contributed by atoms with Crippen LogP contribution in [-0.2, 0) is 33.3 Å². The van der Waals surface area contributed by atoms with Crippen molar-refractivity contribution >= 4 is 17.9 Å². The predicted molar refractivity (Wildman–Crippen MR) is 185 cm³/mol. The molecule has 3 heterocycles. The Morgan fingerprint density at radius 1 is 1.04 bits per heavy atom. The minimum atomic E-state index is -2.27. The molecule has 4 saturated carbocycles. The highest BCUT2D eigenvalue weighted by atomic mass is 16.7. The Labute approximate surface area is 311 Å². The summed E-state index contributed by atoms with van der Waals surface area (Å²) in [6, 6.07) is -0.263. The third-order valence-electron chi connectivity index (χ3n) is 15.8. The SMILES string of the molecule is CCC(C)C(=O)OC1C(O)C2C(CN3CC(C)CCC3C2(C)O)C2CC34OC5(O)C(OC(=O)C(C)(O)C(C)O)CCC3(C)C5CC(OC(C)=O)C4C21O. The average molecular weight is 752 g/mol. The Kier molecular flexibility index (Phi) is 9.31. The molecule has 7 fully saturated rings. The van der Waals surface area contributed by atoms with Gasteiger partial charge in [0.1, 0.15) is 11.7 Å². The topological polar surface area (TPSA) is 213 Å². The second kappa shape index (κ2) is 12.5. The van der Waals surface area contributed by atoms with Crippen LogP contribution in [0.4, 0.5) is 0 Å². The van der Waals surface area contributed by atoms with E-state index < -0.39 is 118 Å². The fourth-order valence-electron chi connectivity index (χ4n) is 12.8. The number of fused-ring (bicyclic) bond motifs is 5. The van der Waals surface area contributed by atoms with E-state index in [1.807, 2.05) is 13.8 Å². The standard InChI is InChI=1S/C39H61NO13/c1-9-19(3)32(44)52-31-29(43)28-22(17-40-16-18(2)10-11-26(40)36(28,8)47)23-15-37-30(38(23,31)48)24(50-21(5)42)14-25-34(37,6)13-12-27(39(25,49)53-37)51-33(45)35(7,46)20(4)41/h18-20,22-31,41,43,46-49H,9-17H2,1-8H3. The van der Waals surface area contributed by atoms with Gasteiger partial charge in [-0.25, -0.2) is 4.79 Å². The van der Waals surface area contributed by atoms with Gasteiger partial charge in [0.15, 0.2) is 17.8 Å². The van der Waals surface area contributed by atoms with Crippen LogP contribution >= 0.6 is 0 Å². The summed E-state index contributed by atoms with van der Waals surface area (Å²) in [6.45, 7) is 14.2. The first kappa shape index (κ1) is 39.3. The highest BCUT2D eigenvalue weighted by molar-refractivity contribution is 5.79. The molecular weight excluding hydrogens is 690 g/mol. The van der Waals surface area contributed by atoms with Crippen LogP contribution in [-0.4, -0.2) is 131 Å². The van der Waals surface area contributed by atoms with Crippen LogP contribution in [0, 0.1) is 46.8 Å². The van der Waals surface area contributed by atoms with Crippen LogP contribution in [0.25, 0.3) is 0 Å². The first-order chi connectivity index (χ1) is 24.5. The number of nitrogens with zero attached hydrogens (tertiary/aromatic N) is 1. The van der Waals surface area contributed by atoms with E-state index >= 15 is 0 Å². The molecule has 0 aromatic heterocycles. The molecule has 0 amide bonds. The van der Waals surface area contributed by atoms with Gasteiger partial charge in [-0.1, -0.05) is 27.7 Å². The van der Waals surface area contributed by atoms with Gasteiger partial charge in [0, 0.05) is 43.3 Å². The number of piperidine rings is 2. The molecule has 19 unspecified atom stereocenters. The molecule has 3 aliphatic heterocycles. The molecule has 14 heteroatoms. The number of ether oxygens (including phenoxy) is 4. The molecule has 6 N–H and O–H groups in total. The van der Waals surface area contributed by atoms with Gasteiger partial charge in [0.2, 0.25) is 5.79 Å². The lowest BCUT2D eigenvalue weighted by Gasteiger charge is -2.64. The number of aliphatic hydroxyl groups is 6. The van der Waals surface area contributed by atoms with E-state index in [0.717, 1.165) is 26.3 Å². The maximum Gasteiger partial charge on any atom is 0.341 e. The molecule has 14 nitrogen and oxygen atoms in total. The number of aliphatic hydroxyl groups excluding tert-OH is 2. The number of carbonyl (C=O) groups excluding carboxylic acids is 3. The van der Waals surface area contributed by atoms with Gasteiger partial charge in [-0.2, -0.15) is 0 Å². The number of rotatable bonds is 7. The molecule has 53 heavy (non-hydrogen) atoms. The first-order valence-electron chi connectivity index (χ1n) is 19.8. The molecule has 300 valence electrons. The summed E-state index contributed by atoms with van der Waals surface area (Å²) in [6.07, 6.45) is -4.20. The van der Waals surface area contributed by atoms with Crippen molar-refractivity contribution in [2.75, 3.05) is 13.1 Å². The molecule has 19 atom stereocenters. The van der Waals surface area contributed by atoms with E-state index in [-0.39, 0.29) is 25.3 Å². The summed E-state index contributed by atoms with van der Waals surface area (Å²) >= 11 is 0. The average Bonchev–Trinajstić information content (AvgIpc) is 3.34. The number of carbonyl (C=O) groups is 3. The molecule has 4 bridgehead atoms. The summed E-state index contributed by atoms with van der Waals surface area (Å²) in [5, 5.41) is 72.3. The van der Waals surface area contributed by atoms with E-state index in [1.165, 1.54) is 13.8 Å². The molecular formula is C39H61NO13. The summed E-state index contributed by atoms with van der Waals surface area (Å²) in [7, 11) is 0. The highest BCUT2D eigenvalue weighted by Gasteiger charge is 2.88. The zero-order valence-corrected chi connectivity index (χ0v) is 32.4. The van der Waals surface area contributed by atoms with Crippen molar-refractivity contribution in [3.05, 3.63) is 0 Å². The van der Waals surface area contributed by atoms with E-state index in [0.29, 0.717) is 25.3 Å². The van der Waals surface area contributed by atoms with Crippen LogP contribution in [0.2, 0.25) is 0 Å². The maximum absolute atomic E-state index is 13.7. The van der Waals surface area contributed by atoms with Gasteiger partial charge in [-0.15, -0.1) is 0 Å². The van der Waals surface area contributed by atoms with Crippen LogP contribution in [0.15, 0.2) is 0 Å². The molecule has 0 aromatic carbocycles.